The normalized spacial score (nSPS) is 37.1. The second kappa shape index (κ2) is 2.71. The highest BCUT2D eigenvalue weighted by Crippen LogP contribution is 2.16. The van der Waals surface area contributed by atoms with Gasteiger partial charge in [-0.25, -0.2) is 0 Å². The summed E-state index contributed by atoms with van der Waals surface area (Å²) in [6, 6.07) is 0. The maximum atomic E-state index is 9.30. The Labute approximate surface area is 56.5 Å². The Balaban J connectivity index is 2.36. The summed E-state index contributed by atoms with van der Waals surface area (Å²) >= 11 is 0. The standard InChI is InChI=1S/C6H12BO2/c1-6(8)5-7-3-2-4-9-6/h8H,2-5H2,1H3. The second-order valence-corrected chi connectivity index (χ2v) is 2.66. The summed E-state index contributed by atoms with van der Waals surface area (Å²) in [5.74, 6) is -0.892. The molecule has 1 rings (SSSR count). The SMILES string of the molecule is CC1(O)C[B]CCCO1. The fourth-order valence-electron chi connectivity index (χ4n) is 0.949. The summed E-state index contributed by atoms with van der Waals surface area (Å²) in [5, 5.41) is 9.30. The molecule has 0 aromatic carbocycles. The van der Waals surface area contributed by atoms with Gasteiger partial charge in [0, 0.05) is 6.61 Å². The number of hydrogen-bond acceptors (Lipinski definition) is 2. The van der Waals surface area contributed by atoms with E-state index in [9.17, 15) is 5.11 Å². The van der Waals surface area contributed by atoms with Crippen LogP contribution in [0.1, 0.15) is 13.3 Å². The van der Waals surface area contributed by atoms with Gasteiger partial charge in [-0.05, 0) is 19.7 Å². The van der Waals surface area contributed by atoms with Gasteiger partial charge in [-0.3, -0.25) is 0 Å². The molecule has 3 heteroatoms. The van der Waals surface area contributed by atoms with E-state index >= 15 is 0 Å². The van der Waals surface area contributed by atoms with Gasteiger partial charge in [0.15, 0.2) is 5.79 Å². The van der Waals surface area contributed by atoms with E-state index in [0.29, 0.717) is 12.9 Å². The number of aliphatic hydroxyl groups is 1. The second-order valence-electron chi connectivity index (χ2n) is 2.66. The summed E-state index contributed by atoms with van der Waals surface area (Å²) in [4.78, 5) is 0. The third-order valence-corrected chi connectivity index (χ3v) is 1.49. The van der Waals surface area contributed by atoms with Crippen LogP contribution >= 0.6 is 0 Å². The van der Waals surface area contributed by atoms with Crippen LogP contribution in [0.25, 0.3) is 0 Å². The highest BCUT2D eigenvalue weighted by Gasteiger charge is 2.22. The van der Waals surface area contributed by atoms with Crippen molar-refractivity contribution in [2.24, 2.45) is 0 Å². The lowest BCUT2D eigenvalue weighted by Gasteiger charge is -2.20. The number of hydrogen-bond donors (Lipinski definition) is 1. The van der Waals surface area contributed by atoms with Crippen molar-refractivity contribution in [3.8, 4) is 0 Å². The Morgan fingerprint density at radius 1 is 1.67 bits per heavy atom. The van der Waals surface area contributed by atoms with Gasteiger partial charge in [0.1, 0.15) is 7.28 Å². The average Bonchev–Trinajstić information content (AvgIpc) is 1.92. The monoisotopic (exact) mass is 127 g/mol. The molecule has 1 atom stereocenters. The molecule has 1 fully saturated rings. The van der Waals surface area contributed by atoms with Crippen molar-refractivity contribution in [3.05, 3.63) is 0 Å². The molecular formula is C6H12BO2. The van der Waals surface area contributed by atoms with Crippen molar-refractivity contribution in [3.63, 3.8) is 0 Å². The highest BCUT2D eigenvalue weighted by molar-refractivity contribution is 6.35. The lowest BCUT2D eigenvalue weighted by molar-refractivity contribution is -0.172. The molecule has 0 aromatic rings. The largest absolute Gasteiger partial charge is 0.366 e. The van der Waals surface area contributed by atoms with E-state index in [-0.39, 0.29) is 0 Å². The Morgan fingerprint density at radius 2 is 2.44 bits per heavy atom. The molecule has 0 amide bonds. The molecule has 1 aliphatic rings. The maximum Gasteiger partial charge on any atom is 0.155 e. The van der Waals surface area contributed by atoms with Crippen LogP contribution in [0.3, 0.4) is 0 Å². The Hall–Kier alpha value is -0.0151. The Morgan fingerprint density at radius 3 is 3.22 bits per heavy atom. The lowest BCUT2D eigenvalue weighted by atomic mass is 9.68. The first-order valence-corrected chi connectivity index (χ1v) is 3.39. The quantitative estimate of drug-likeness (QED) is 0.484. The van der Waals surface area contributed by atoms with Gasteiger partial charge >= 0.3 is 0 Å². The van der Waals surface area contributed by atoms with Crippen LogP contribution in [-0.2, 0) is 4.74 Å². The molecule has 0 saturated carbocycles. The topological polar surface area (TPSA) is 29.5 Å². The summed E-state index contributed by atoms with van der Waals surface area (Å²) < 4.78 is 5.11. The van der Waals surface area contributed by atoms with Crippen molar-refractivity contribution >= 4 is 7.28 Å². The van der Waals surface area contributed by atoms with E-state index in [0.717, 1.165) is 12.7 Å². The fourth-order valence-corrected chi connectivity index (χ4v) is 0.949. The molecule has 1 heterocycles. The maximum absolute atomic E-state index is 9.30. The predicted molar refractivity (Wildman–Crippen MR) is 36.6 cm³/mol. The van der Waals surface area contributed by atoms with Gasteiger partial charge in [-0.15, -0.1) is 0 Å². The predicted octanol–water partition coefficient (Wildman–Crippen LogP) is 0.656. The zero-order chi connectivity index (χ0) is 6.74. The minimum Gasteiger partial charge on any atom is -0.366 e. The van der Waals surface area contributed by atoms with Crippen LogP contribution < -0.4 is 0 Å². The van der Waals surface area contributed by atoms with Gasteiger partial charge in [-0.2, -0.15) is 0 Å². The van der Waals surface area contributed by atoms with Crippen molar-refractivity contribution in [1.29, 1.82) is 0 Å². The van der Waals surface area contributed by atoms with Crippen LogP contribution in [0.15, 0.2) is 0 Å². The molecular weight excluding hydrogens is 115 g/mol. The van der Waals surface area contributed by atoms with Crippen molar-refractivity contribution in [1.82, 2.24) is 0 Å². The molecule has 1 aliphatic heterocycles. The molecule has 0 bridgehead atoms. The lowest BCUT2D eigenvalue weighted by Crippen LogP contribution is -2.27. The first-order valence-electron chi connectivity index (χ1n) is 3.39. The molecule has 0 aromatic heterocycles. The van der Waals surface area contributed by atoms with E-state index < -0.39 is 5.79 Å². The molecule has 9 heavy (non-hydrogen) atoms. The van der Waals surface area contributed by atoms with E-state index in [2.05, 4.69) is 7.28 Å². The Kier molecular flexibility index (Phi) is 2.14. The summed E-state index contributed by atoms with van der Waals surface area (Å²) in [7, 11) is 2.08. The van der Waals surface area contributed by atoms with Gasteiger partial charge in [0.05, 0.1) is 0 Å². The Bertz CT molecular complexity index is 83.1. The summed E-state index contributed by atoms with van der Waals surface area (Å²) in [6.07, 6.45) is 2.76. The van der Waals surface area contributed by atoms with Crippen LogP contribution in [0.4, 0.5) is 0 Å². The van der Waals surface area contributed by atoms with Crippen molar-refractivity contribution < 1.29 is 9.84 Å². The zero-order valence-corrected chi connectivity index (χ0v) is 5.76. The molecule has 1 unspecified atom stereocenters. The zero-order valence-electron chi connectivity index (χ0n) is 5.76. The van der Waals surface area contributed by atoms with Gasteiger partial charge in [-0.1, -0.05) is 6.32 Å². The third kappa shape index (κ3) is 2.37. The minimum absolute atomic E-state index is 0.660. The molecule has 1 N–H and O–H groups in total. The van der Waals surface area contributed by atoms with E-state index in [1.165, 1.54) is 0 Å². The molecule has 2 nitrogen and oxygen atoms in total. The summed E-state index contributed by atoms with van der Waals surface area (Å²) in [5.41, 5.74) is 0. The minimum atomic E-state index is -0.892. The van der Waals surface area contributed by atoms with Gasteiger partial charge in [0.25, 0.3) is 0 Å². The first kappa shape index (κ1) is 7.10. The van der Waals surface area contributed by atoms with Crippen molar-refractivity contribution in [2.75, 3.05) is 6.61 Å². The first-order chi connectivity index (χ1) is 4.21. The van der Waals surface area contributed by atoms with E-state index in [1.54, 1.807) is 6.92 Å². The van der Waals surface area contributed by atoms with Crippen LogP contribution in [0.2, 0.25) is 12.6 Å². The average molecular weight is 127 g/mol. The number of rotatable bonds is 0. The van der Waals surface area contributed by atoms with Gasteiger partial charge < -0.3 is 9.84 Å². The van der Waals surface area contributed by atoms with Crippen molar-refractivity contribution in [2.45, 2.75) is 31.8 Å². The van der Waals surface area contributed by atoms with Crippen LogP contribution in [0, 0.1) is 0 Å². The molecule has 1 radical (unpaired) electrons. The molecule has 0 aliphatic carbocycles. The fraction of sp³-hybridized carbons (Fsp3) is 1.00. The number of ether oxygens (including phenoxy) is 1. The molecule has 1 saturated heterocycles. The highest BCUT2D eigenvalue weighted by atomic mass is 16.6. The summed E-state index contributed by atoms with van der Waals surface area (Å²) in [6.45, 7) is 2.39. The van der Waals surface area contributed by atoms with E-state index in [4.69, 9.17) is 4.74 Å². The molecule has 51 valence electrons. The molecule has 0 spiro atoms. The third-order valence-electron chi connectivity index (χ3n) is 1.49. The van der Waals surface area contributed by atoms with Crippen LogP contribution in [-0.4, -0.2) is 24.8 Å². The van der Waals surface area contributed by atoms with Crippen LogP contribution in [0.5, 0.6) is 0 Å². The smallest absolute Gasteiger partial charge is 0.155 e. The van der Waals surface area contributed by atoms with E-state index in [1.807, 2.05) is 0 Å². The van der Waals surface area contributed by atoms with Gasteiger partial charge in [0.2, 0.25) is 0 Å².